The van der Waals surface area contributed by atoms with Crippen LogP contribution >= 0.6 is 0 Å². The number of hydrogen-bond donors (Lipinski definition) is 1. The summed E-state index contributed by atoms with van der Waals surface area (Å²) in [7, 11) is -2.28. The average Bonchev–Trinajstić information content (AvgIpc) is 3.27. The van der Waals surface area contributed by atoms with Crippen LogP contribution in [0.2, 0.25) is 0 Å². The first-order chi connectivity index (χ1) is 14.0. The zero-order valence-corrected chi connectivity index (χ0v) is 16.6. The van der Waals surface area contributed by atoms with E-state index in [0.29, 0.717) is 36.7 Å². The van der Waals surface area contributed by atoms with E-state index in [0.717, 1.165) is 11.1 Å². The number of amides is 1. The number of carbonyl (C=O) groups excluding carboxylic acids is 1. The lowest BCUT2D eigenvalue weighted by Crippen LogP contribution is -2.35. The topological polar surface area (TPSA) is 88.9 Å². The summed E-state index contributed by atoms with van der Waals surface area (Å²) in [5.74, 6) is 0.580. The Hall–Kier alpha value is -3.26. The van der Waals surface area contributed by atoms with E-state index in [1.165, 1.54) is 25.5 Å². The first-order valence-corrected chi connectivity index (χ1v) is 10.6. The molecule has 8 heteroatoms. The molecule has 0 aliphatic carbocycles. The van der Waals surface area contributed by atoms with Crippen molar-refractivity contribution in [2.24, 2.45) is 0 Å². The van der Waals surface area contributed by atoms with Gasteiger partial charge < -0.3 is 14.1 Å². The van der Waals surface area contributed by atoms with Crippen molar-refractivity contribution in [2.45, 2.75) is 17.9 Å². The molecule has 1 aliphatic heterocycles. The number of nitrogens with zero attached hydrogens (tertiary/aromatic N) is 1. The third-order valence-electron chi connectivity index (χ3n) is 4.84. The number of rotatable bonds is 5. The van der Waals surface area contributed by atoms with Crippen molar-refractivity contribution in [1.29, 1.82) is 0 Å². The van der Waals surface area contributed by atoms with E-state index in [1.54, 1.807) is 41.3 Å². The van der Waals surface area contributed by atoms with Crippen molar-refractivity contribution < 1.29 is 22.4 Å². The molecule has 150 valence electrons. The van der Waals surface area contributed by atoms with Gasteiger partial charge in [-0.3, -0.25) is 9.52 Å². The molecule has 1 aliphatic rings. The van der Waals surface area contributed by atoms with Gasteiger partial charge in [-0.15, -0.1) is 0 Å². The number of benzene rings is 2. The minimum absolute atomic E-state index is 0.115. The van der Waals surface area contributed by atoms with E-state index in [9.17, 15) is 13.2 Å². The lowest BCUT2D eigenvalue weighted by molar-refractivity contribution is 0.0702. The molecule has 3 aromatic rings. The highest BCUT2D eigenvalue weighted by atomic mass is 32.2. The fourth-order valence-electron chi connectivity index (χ4n) is 3.33. The van der Waals surface area contributed by atoms with E-state index in [-0.39, 0.29) is 10.8 Å². The van der Waals surface area contributed by atoms with Crippen LogP contribution in [-0.2, 0) is 23.0 Å². The van der Waals surface area contributed by atoms with E-state index in [1.807, 2.05) is 6.07 Å². The average molecular weight is 412 g/mol. The Morgan fingerprint density at radius 2 is 1.97 bits per heavy atom. The first kappa shape index (κ1) is 19.1. The molecule has 2 aromatic carbocycles. The van der Waals surface area contributed by atoms with Crippen LogP contribution in [0, 0.1) is 0 Å². The van der Waals surface area contributed by atoms with Crippen LogP contribution in [0.3, 0.4) is 0 Å². The number of carbonyl (C=O) groups is 1. The number of furan rings is 1. The second-order valence-electron chi connectivity index (χ2n) is 6.72. The number of ether oxygens (including phenoxy) is 1. The Kier molecular flexibility index (Phi) is 5.02. The molecule has 2 heterocycles. The molecule has 1 amide bonds. The summed E-state index contributed by atoms with van der Waals surface area (Å²) in [6, 6.07) is 15.0. The van der Waals surface area contributed by atoms with Gasteiger partial charge >= 0.3 is 0 Å². The summed E-state index contributed by atoms with van der Waals surface area (Å²) >= 11 is 0. The third-order valence-corrected chi connectivity index (χ3v) is 6.22. The maximum Gasteiger partial charge on any atom is 0.289 e. The van der Waals surface area contributed by atoms with E-state index in [2.05, 4.69) is 4.72 Å². The molecule has 0 radical (unpaired) electrons. The van der Waals surface area contributed by atoms with Gasteiger partial charge in [0.1, 0.15) is 5.75 Å². The van der Waals surface area contributed by atoms with E-state index in [4.69, 9.17) is 9.15 Å². The minimum atomic E-state index is -3.76. The number of sulfonamides is 1. The fourth-order valence-corrected chi connectivity index (χ4v) is 4.42. The predicted octanol–water partition coefficient (Wildman–Crippen LogP) is 3.29. The molecule has 0 bridgehead atoms. The van der Waals surface area contributed by atoms with Gasteiger partial charge in [0.15, 0.2) is 5.76 Å². The maximum atomic E-state index is 12.7. The zero-order chi connectivity index (χ0) is 20.4. The predicted molar refractivity (Wildman–Crippen MR) is 107 cm³/mol. The Morgan fingerprint density at radius 3 is 2.72 bits per heavy atom. The Bertz CT molecular complexity index is 1140. The van der Waals surface area contributed by atoms with Crippen molar-refractivity contribution >= 4 is 21.6 Å². The van der Waals surface area contributed by atoms with Crippen LogP contribution in [0.1, 0.15) is 21.7 Å². The van der Waals surface area contributed by atoms with Crippen molar-refractivity contribution in [3.05, 3.63) is 77.7 Å². The highest BCUT2D eigenvalue weighted by Crippen LogP contribution is 2.26. The molecule has 7 nitrogen and oxygen atoms in total. The van der Waals surface area contributed by atoms with Crippen molar-refractivity contribution in [3.63, 3.8) is 0 Å². The van der Waals surface area contributed by atoms with Gasteiger partial charge in [0.05, 0.1) is 18.3 Å². The quantitative estimate of drug-likeness (QED) is 0.695. The van der Waals surface area contributed by atoms with Crippen LogP contribution in [0.4, 0.5) is 5.69 Å². The van der Waals surface area contributed by atoms with Crippen LogP contribution in [0.5, 0.6) is 5.75 Å². The van der Waals surface area contributed by atoms with Gasteiger partial charge in [-0.2, -0.15) is 0 Å². The first-order valence-electron chi connectivity index (χ1n) is 9.08. The molecule has 0 saturated carbocycles. The molecular weight excluding hydrogens is 392 g/mol. The number of nitrogens with one attached hydrogen (secondary N) is 1. The number of methoxy groups -OCH3 is 1. The lowest BCUT2D eigenvalue weighted by atomic mass is 9.99. The SMILES string of the molecule is COc1cccc(S(=O)(=O)Nc2ccc3c(c2)CN(C(=O)c2ccco2)CC3)c1. The maximum absolute atomic E-state index is 12.7. The molecule has 1 aromatic heterocycles. The molecule has 0 fully saturated rings. The van der Waals surface area contributed by atoms with Gasteiger partial charge in [0.25, 0.3) is 15.9 Å². The standard InChI is InChI=1S/C21H20N2O5S/c1-27-18-4-2-5-19(13-18)29(25,26)22-17-8-7-15-9-10-23(14-16(15)12-17)21(24)20-6-3-11-28-20/h2-8,11-13,22H,9-10,14H2,1H3. The molecule has 1 N–H and O–H groups in total. The second-order valence-corrected chi connectivity index (χ2v) is 8.40. The smallest absolute Gasteiger partial charge is 0.289 e. The van der Waals surface area contributed by atoms with Gasteiger partial charge in [0, 0.05) is 24.8 Å². The molecule has 4 rings (SSSR count). The molecule has 0 unspecified atom stereocenters. The van der Waals surface area contributed by atoms with Crippen LogP contribution < -0.4 is 9.46 Å². The highest BCUT2D eigenvalue weighted by molar-refractivity contribution is 7.92. The zero-order valence-electron chi connectivity index (χ0n) is 15.8. The number of hydrogen-bond acceptors (Lipinski definition) is 5. The summed E-state index contributed by atoms with van der Waals surface area (Å²) in [5, 5.41) is 0. The molecule has 0 spiro atoms. The Labute approximate surface area is 169 Å². The summed E-state index contributed by atoms with van der Waals surface area (Å²) in [6.45, 7) is 0.977. The molecule has 29 heavy (non-hydrogen) atoms. The molecule has 0 atom stereocenters. The Balaban J connectivity index is 1.55. The Morgan fingerprint density at radius 1 is 1.10 bits per heavy atom. The van der Waals surface area contributed by atoms with Gasteiger partial charge in [-0.25, -0.2) is 8.42 Å². The normalized spacial score (nSPS) is 13.6. The van der Waals surface area contributed by atoms with Crippen molar-refractivity contribution in [1.82, 2.24) is 4.90 Å². The number of anilines is 1. The number of fused-ring (bicyclic) bond motifs is 1. The second kappa shape index (κ2) is 7.63. The van der Waals surface area contributed by atoms with Gasteiger partial charge in [0.2, 0.25) is 0 Å². The summed E-state index contributed by atoms with van der Waals surface area (Å²) in [4.78, 5) is 14.3. The van der Waals surface area contributed by atoms with E-state index < -0.39 is 10.0 Å². The summed E-state index contributed by atoms with van der Waals surface area (Å²) in [5.41, 5.74) is 2.44. The van der Waals surface area contributed by atoms with Crippen molar-refractivity contribution in [2.75, 3.05) is 18.4 Å². The minimum Gasteiger partial charge on any atom is -0.497 e. The van der Waals surface area contributed by atoms with Crippen LogP contribution in [0.25, 0.3) is 0 Å². The van der Waals surface area contributed by atoms with Gasteiger partial charge in [-0.05, 0) is 53.9 Å². The van der Waals surface area contributed by atoms with E-state index >= 15 is 0 Å². The molecular formula is C21H20N2O5S. The molecule has 0 saturated heterocycles. The summed E-state index contributed by atoms with van der Waals surface area (Å²) < 4.78 is 38.3. The van der Waals surface area contributed by atoms with Crippen molar-refractivity contribution in [3.8, 4) is 5.75 Å². The van der Waals surface area contributed by atoms with Crippen LogP contribution in [0.15, 0.2) is 70.2 Å². The van der Waals surface area contributed by atoms with Gasteiger partial charge in [-0.1, -0.05) is 12.1 Å². The third kappa shape index (κ3) is 3.97. The largest absolute Gasteiger partial charge is 0.497 e. The summed E-state index contributed by atoms with van der Waals surface area (Å²) in [6.07, 6.45) is 2.17. The fraction of sp³-hybridized carbons (Fsp3) is 0.190. The highest BCUT2D eigenvalue weighted by Gasteiger charge is 2.24. The monoisotopic (exact) mass is 412 g/mol. The lowest BCUT2D eigenvalue weighted by Gasteiger charge is -2.28. The van der Waals surface area contributed by atoms with Crippen LogP contribution in [-0.4, -0.2) is 32.9 Å².